The number of nitrogens with zero attached hydrogens (tertiary/aromatic N) is 1. The Labute approximate surface area is 182 Å². The van der Waals surface area contributed by atoms with Crippen LogP contribution in [0.25, 0.3) is 0 Å². The summed E-state index contributed by atoms with van der Waals surface area (Å²) in [5.74, 6) is -1.16. The fraction of sp³-hybridized carbons (Fsp3) is 0.200. The minimum absolute atomic E-state index is 0.112. The number of amides is 2. The van der Waals surface area contributed by atoms with Gasteiger partial charge in [-0.3, -0.25) is 9.59 Å². The van der Waals surface area contributed by atoms with Crippen LogP contribution >= 0.6 is 0 Å². The van der Waals surface area contributed by atoms with Gasteiger partial charge in [0.2, 0.25) is 5.91 Å². The van der Waals surface area contributed by atoms with E-state index in [0.717, 1.165) is 23.3 Å². The van der Waals surface area contributed by atoms with Gasteiger partial charge < -0.3 is 10.2 Å². The molecule has 1 N–H and O–H groups in total. The molecule has 0 radical (unpaired) electrons. The first-order chi connectivity index (χ1) is 15.3. The fourth-order valence-electron chi connectivity index (χ4n) is 4.72. The second-order valence-corrected chi connectivity index (χ2v) is 8.02. The first-order valence-corrected chi connectivity index (χ1v) is 10.3. The molecule has 162 valence electrons. The van der Waals surface area contributed by atoms with Gasteiger partial charge >= 0.3 is 6.18 Å². The Morgan fingerprint density at radius 3 is 2.28 bits per heavy atom. The van der Waals surface area contributed by atoms with E-state index in [9.17, 15) is 22.8 Å². The maximum atomic E-state index is 13.5. The zero-order chi connectivity index (χ0) is 22.5. The minimum Gasteiger partial charge on any atom is -0.330 e. The summed E-state index contributed by atoms with van der Waals surface area (Å²) in [5, 5.41) is 2.77. The predicted octanol–water partition coefficient (Wildman–Crippen LogP) is 5.18. The average Bonchev–Trinajstić information content (AvgIpc) is 2.79. The second kappa shape index (κ2) is 7.51. The van der Waals surface area contributed by atoms with Gasteiger partial charge in [-0.15, -0.1) is 0 Å². The molecule has 2 amide bonds. The number of fused-ring (bicyclic) bond motifs is 4. The lowest BCUT2D eigenvalue weighted by atomic mass is 9.76. The lowest BCUT2D eigenvalue weighted by Crippen LogP contribution is -2.49. The van der Waals surface area contributed by atoms with Crippen molar-refractivity contribution in [3.63, 3.8) is 0 Å². The van der Waals surface area contributed by atoms with E-state index < -0.39 is 23.7 Å². The maximum Gasteiger partial charge on any atom is 0.416 e. The quantitative estimate of drug-likeness (QED) is 0.602. The molecule has 0 saturated carbocycles. The highest BCUT2D eigenvalue weighted by Gasteiger charge is 2.46. The van der Waals surface area contributed by atoms with Crippen molar-refractivity contribution in [3.8, 4) is 0 Å². The first kappa shape index (κ1) is 20.3. The Bertz CT molecular complexity index is 1200. The number of nitrogens with one attached hydrogen (secondary N) is 1. The monoisotopic (exact) mass is 436 g/mol. The molecule has 0 spiro atoms. The molecule has 0 unspecified atom stereocenters. The zero-order valence-electron chi connectivity index (χ0n) is 16.9. The summed E-state index contributed by atoms with van der Waals surface area (Å²) < 4.78 is 38.6. The van der Waals surface area contributed by atoms with E-state index in [0.29, 0.717) is 24.1 Å². The highest BCUT2D eigenvalue weighted by Crippen LogP contribution is 2.46. The summed E-state index contributed by atoms with van der Waals surface area (Å²) in [7, 11) is 0. The van der Waals surface area contributed by atoms with Crippen molar-refractivity contribution < 1.29 is 22.8 Å². The molecule has 3 aromatic carbocycles. The van der Waals surface area contributed by atoms with Crippen LogP contribution in [0.3, 0.4) is 0 Å². The third kappa shape index (κ3) is 3.34. The smallest absolute Gasteiger partial charge is 0.330 e. The van der Waals surface area contributed by atoms with Crippen LogP contribution in [-0.2, 0) is 17.4 Å². The van der Waals surface area contributed by atoms with Crippen molar-refractivity contribution in [1.29, 1.82) is 0 Å². The molecular weight excluding hydrogens is 417 g/mol. The molecule has 2 atom stereocenters. The lowest BCUT2D eigenvalue weighted by molar-refractivity contribution is -0.137. The molecule has 4 nitrogen and oxygen atoms in total. The van der Waals surface area contributed by atoms with Crippen LogP contribution in [0, 0.1) is 0 Å². The van der Waals surface area contributed by atoms with Crippen molar-refractivity contribution in [2.45, 2.75) is 24.6 Å². The van der Waals surface area contributed by atoms with Gasteiger partial charge in [-0.05, 0) is 53.4 Å². The Balaban J connectivity index is 1.55. The number of alkyl halides is 3. The molecule has 5 rings (SSSR count). The number of halogens is 3. The van der Waals surface area contributed by atoms with Crippen molar-refractivity contribution >= 4 is 17.5 Å². The van der Waals surface area contributed by atoms with E-state index in [1.165, 1.54) is 12.1 Å². The van der Waals surface area contributed by atoms with Gasteiger partial charge in [0.25, 0.3) is 5.91 Å². The van der Waals surface area contributed by atoms with Crippen LogP contribution in [0.2, 0.25) is 0 Å². The van der Waals surface area contributed by atoms with E-state index in [4.69, 9.17) is 0 Å². The molecule has 0 aliphatic carbocycles. The number of hydrogen-bond donors (Lipinski definition) is 1. The number of anilines is 1. The van der Waals surface area contributed by atoms with Gasteiger partial charge in [0.05, 0.1) is 17.5 Å². The van der Waals surface area contributed by atoms with Crippen LogP contribution in [0.1, 0.15) is 44.6 Å². The third-order valence-corrected chi connectivity index (χ3v) is 6.20. The average molecular weight is 436 g/mol. The topological polar surface area (TPSA) is 49.4 Å². The standard InChI is InChI=1S/C25H19F3N2O2/c26-25(27,28)16-9-11-17(12-10-16)29-23(31)21-19-7-3-4-8-20(19)24(32)30-14-13-15-5-1-2-6-18(15)22(21)30/h1-12,21-22H,13-14H2,(H,29,31)/t21-,22+/m0/s1. The van der Waals surface area contributed by atoms with E-state index in [1.54, 1.807) is 29.2 Å². The first-order valence-electron chi connectivity index (χ1n) is 10.3. The zero-order valence-corrected chi connectivity index (χ0v) is 16.9. The van der Waals surface area contributed by atoms with Crippen LogP contribution < -0.4 is 5.32 Å². The van der Waals surface area contributed by atoms with Gasteiger partial charge in [-0.1, -0.05) is 42.5 Å². The number of benzene rings is 3. The predicted molar refractivity (Wildman–Crippen MR) is 113 cm³/mol. The minimum atomic E-state index is -4.45. The number of carbonyl (C=O) groups is 2. The largest absolute Gasteiger partial charge is 0.416 e. The summed E-state index contributed by atoms with van der Waals surface area (Å²) in [4.78, 5) is 28.5. The Hall–Kier alpha value is -3.61. The summed E-state index contributed by atoms with van der Waals surface area (Å²) in [6.07, 6.45) is -3.74. The molecule has 0 fully saturated rings. The Morgan fingerprint density at radius 2 is 1.56 bits per heavy atom. The van der Waals surface area contributed by atoms with E-state index in [-0.39, 0.29) is 17.5 Å². The summed E-state index contributed by atoms with van der Waals surface area (Å²) >= 11 is 0. The van der Waals surface area contributed by atoms with Gasteiger partial charge in [0.15, 0.2) is 0 Å². The molecule has 3 aromatic rings. The van der Waals surface area contributed by atoms with Crippen molar-refractivity contribution in [2.24, 2.45) is 0 Å². The van der Waals surface area contributed by atoms with Crippen LogP contribution in [0.4, 0.5) is 18.9 Å². The number of hydrogen-bond acceptors (Lipinski definition) is 2. The van der Waals surface area contributed by atoms with Crippen LogP contribution in [-0.4, -0.2) is 23.3 Å². The molecule has 32 heavy (non-hydrogen) atoms. The number of carbonyl (C=O) groups excluding carboxylic acids is 2. The molecule has 0 bridgehead atoms. The van der Waals surface area contributed by atoms with Crippen molar-refractivity contribution in [3.05, 3.63) is 101 Å². The van der Waals surface area contributed by atoms with Gasteiger partial charge in [-0.25, -0.2) is 0 Å². The van der Waals surface area contributed by atoms with Crippen molar-refractivity contribution in [1.82, 2.24) is 4.90 Å². The summed E-state index contributed by atoms with van der Waals surface area (Å²) in [5.41, 5.74) is 2.61. The highest BCUT2D eigenvalue weighted by atomic mass is 19.4. The normalized spacial score (nSPS) is 19.6. The molecule has 2 heterocycles. The molecule has 0 aromatic heterocycles. The fourth-order valence-corrected chi connectivity index (χ4v) is 4.72. The SMILES string of the molecule is O=C(Nc1ccc(C(F)(F)F)cc1)[C@H]1c2ccccc2C(=O)N2CCc3ccccc3[C@H]12. The maximum absolute atomic E-state index is 13.5. The van der Waals surface area contributed by atoms with Gasteiger partial charge in [-0.2, -0.15) is 13.2 Å². The highest BCUT2D eigenvalue weighted by molar-refractivity contribution is 6.04. The Morgan fingerprint density at radius 1 is 0.906 bits per heavy atom. The molecular formula is C25H19F3N2O2. The van der Waals surface area contributed by atoms with Gasteiger partial charge in [0, 0.05) is 17.8 Å². The Kier molecular flexibility index (Phi) is 4.77. The summed E-state index contributed by atoms with van der Waals surface area (Å²) in [6, 6.07) is 18.7. The van der Waals surface area contributed by atoms with Gasteiger partial charge in [0.1, 0.15) is 0 Å². The van der Waals surface area contributed by atoms with E-state index in [1.807, 2.05) is 24.3 Å². The van der Waals surface area contributed by atoms with E-state index in [2.05, 4.69) is 5.32 Å². The molecule has 2 aliphatic heterocycles. The molecule has 2 aliphatic rings. The van der Waals surface area contributed by atoms with Crippen LogP contribution in [0.5, 0.6) is 0 Å². The van der Waals surface area contributed by atoms with E-state index >= 15 is 0 Å². The number of rotatable bonds is 2. The molecule has 0 saturated heterocycles. The second-order valence-electron chi connectivity index (χ2n) is 8.02. The lowest BCUT2D eigenvalue weighted by Gasteiger charge is -2.45. The van der Waals surface area contributed by atoms with Crippen molar-refractivity contribution in [2.75, 3.05) is 11.9 Å². The third-order valence-electron chi connectivity index (χ3n) is 6.20. The van der Waals surface area contributed by atoms with Crippen LogP contribution in [0.15, 0.2) is 72.8 Å². The summed E-state index contributed by atoms with van der Waals surface area (Å²) in [6.45, 7) is 0.499. The molecule has 7 heteroatoms.